The molecule has 17 heavy (non-hydrogen) atoms. The Hall–Kier alpha value is -0.0800. The quantitative estimate of drug-likeness (QED) is 0.797. The van der Waals surface area contributed by atoms with Gasteiger partial charge in [0, 0.05) is 5.54 Å². The predicted octanol–water partition coefficient (Wildman–Crippen LogP) is 3.44. The van der Waals surface area contributed by atoms with E-state index in [9.17, 15) is 5.11 Å². The van der Waals surface area contributed by atoms with Crippen LogP contribution in [0.4, 0.5) is 0 Å². The molecule has 1 saturated heterocycles. The second-order valence-electron chi connectivity index (χ2n) is 6.54. The van der Waals surface area contributed by atoms with Crippen molar-refractivity contribution >= 4 is 0 Å². The molecule has 1 unspecified atom stereocenters. The van der Waals surface area contributed by atoms with Crippen molar-refractivity contribution in [3.63, 3.8) is 0 Å². The van der Waals surface area contributed by atoms with E-state index >= 15 is 0 Å². The van der Waals surface area contributed by atoms with Crippen LogP contribution in [0.15, 0.2) is 0 Å². The Balaban J connectivity index is 2.51. The number of rotatable bonds is 5. The molecule has 0 spiro atoms. The molecule has 1 aliphatic heterocycles. The minimum Gasteiger partial charge on any atom is -0.391 e. The summed E-state index contributed by atoms with van der Waals surface area (Å²) in [6.07, 6.45) is 7.16. The molecule has 0 aromatic heterocycles. The first-order valence-electron chi connectivity index (χ1n) is 7.37. The highest BCUT2D eigenvalue weighted by Crippen LogP contribution is 2.26. The molecule has 2 nitrogen and oxygen atoms in total. The summed E-state index contributed by atoms with van der Waals surface area (Å²) < 4.78 is 0. The first kappa shape index (κ1) is 15.0. The molecule has 0 aromatic carbocycles. The predicted molar refractivity (Wildman–Crippen MR) is 74.2 cm³/mol. The molecule has 1 aliphatic rings. The van der Waals surface area contributed by atoms with Crippen molar-refractivity contribution in [3.8, 4) is 0 Å². The third kappa shape index (κ3) is 4.59. The third-order valence-corrected chi connectivity index (χ3v) is 4.25. The average Bonchev–Trinajstić information content (AvgIpc) is 2.54. The Morgan fingerprint density at radius 1 is 1.00 bits per heavy atom. The van der Waals surface area contributed by atoms with Crippen LogP contribution in [-0.4, -0.2) is 34.7 Å². The zero-order valence-electron chi connectivity index (χ0n) is 12.2. The normalized spacial score (nSPS) is 21.5. The van der Waals surface area contributed by atoms with Crippen molar-refractivity contribution in [1.29, 1.82) is 0 Å². The summed E-state index contributed by atoms with van der Waals surface area (Å²) in [5.74, 6) is 0.685. The minimum atomic E-state index is -0.192. The Kier molecular flexibility index (Phi) is 5.94. The van der Waals surface area contributed by atoms with Gasteiger partial charge in [0.1, 0.15) is 0 Å². The van der Waals surface area contributed by atoms with Gasteiger partial charge in [-0.1, -0.05) is 26.7 Å². The molecule has 0 saturated carbocycles. The SMILES string of the molecule is CC(C)CCC(O)C(C)(C)N1CCCCCC1. The number of aliphatic hydroxyl groups is 1. The number of nitrogens with zero attached hydrogens (tertiary/aromatic N) is 1. The van der Waals surface area contributed by atoms with Gasteiger partial charge < -0.3 is 5.11 Å². The first-order valence-corrected chi connectivity index (χ1v) is 7.37. The number of likely N-dealkylation sites (tertiary alicyclic amines) is 1. The van der Waals surface area contributed by atoms with E-state index in [2.05, 4.69) is 32.6 Å². The summed E-state index contributed by atoms with van der Waals surface area (Å²) in [6.45, 7) is 11.2. The van der Waals surface area contributed by atoms with E-state index in [-0.39, 0.29) is 11.6 Å². The van der Waals surface area contributed by atoms with Crippen molar-refractivity contribution in [2.24, 2.45) is 5.92 Å². The molecule has 0 amide bonds. The summed E-state index contributed by atoms with van der Waals surface area (Å²) >= 11 is 0. The monoisotopic (exact) mass is 241 g/mol. The smallest absolute Gasteiger partial charge is 0.0718 e. The van der Waals surface area contributed by atoms with E-state index in [0.29, 0.717) is 5.92 Å². The lowest BCUT2D eigenvalue weighted by Gasteiger charge is -2.41. The lowest BCUT2D eigenvalue weighted by atomic mass is 9.89. The summed E-state index contributed by atoms with van der Waals surface area (Å²) in [6, 6.07) is 0. The van der Waals surface area contributed by atoms with Crippen molar-refractivity contribution in [1.82, 2.24) is 4.90 Å². The van der Waals surface area contributed by atoms with Crippen LogP contribution >= 0.6 is 0 Å². The largest absolute Gasteiger partial charge is 0.391 e. The van der Waals surface area contributed by atoms with Gasteiger partial charge in [0.2, 0.25) is 0 Å². The van der Waals surface area contributed by atoms with E-state index < -0.39 is 0 Å². The Bertz CT molecular complexity index is 205. The number of hydrogen-bond donors (Lipinski definition) is 1. The zero-order chi connectivity index (χ0) is 12.9. The van der Waals surface area contributed by atoms with Gasteiger partial charge in [0.15, 0.2) is 0 Å². The fourth-order valence-corrected chi connectivity index (χ4v) is 2.70. The topological polar surface area (TPSA) is 23.5 Å². The molecule has 1 N–H and O–H groups in total. The molecular weight excluding hydrogens is 210 g/mol. The molecule has 0 aliphatic carbocycles. The van der Waals surface area contributed by atoms with Crippen LogP contribution in [-0.2, 0) is 0 Å². The highest BCUT2D eigenvalue weighted by molar-refractivity contribution is 4.89. The zero-order valence-corrected chi connectivity index (χ0v) is 12.2. The van der Waals surface area contributed by atoms with Gasteiger partial charge >= 0.3 is 0 Å². The van der Waals surface area contributed by atoms with E-state index in [0.717, 1.165) is 25.9 Å². The van der Waals surface area contributed by atoms with E-state index in [4.69, 9.17) is 0 Å². The summed E-state index contributed by atoms with van der Waals surface area (Å²) in [5.41, 5.74) is -0.0563. The Labute approximate surface area is 107 Å². The summed E-state index contributed by atoms with van der Waals surface area (Å²) in [4.78, 5) is 2.50. The maximum atomic E-state index is 10.4. The van der Waals surface area contributed by atoms with Crippen LogP contribution in [0.2, 0.25) is 0 Å². The second kappa shape index (κ2) is 6.75. The van der Waals surface area contributed by atoms with Crippen LogP contribution in [0.5, 0.6) is 0 Å². The molecule has 1 fully saturated rings. The standard InChI is InChI=1S/C15H31NO/c1-13(2)9-10-14(17)15(3,4)16-11-7-5-6-8-12-16/h13-14,17H,5-12H2,1-4H3. The highest BCUT2D eigenvalue weighted by atomic mass is 16.3. The first-order chi connectivity index (χ1) is 7.94. The van der Waals surface area contributed by atoms with Crippen LogP contribution in [0.1, 0.15) is 66.2 Å². The summed E-state index contributed by atoms with van der Waals surface area (Å²) in [7, 11) is 0. The molecule has 1 rings (SSSR count). The van der Waals surface area contributed by atoms with Crippen LogP contribution in [0.25, 0.3) is 0 Å². The maximum Gasteiger partial charge on any atom is 0.0718 e. The van der Waals surface area contributed by atoms with Gasteiger partial charge in [-0.3, -0.25) is 4.90 Å². The molecule has 0 aromatic rings. The number of hydrogen-bond acceptors (Lipinski definition) is 2. The van der Waals surface area contributed by atoms with Crippen molar-refractivity contribution in [2.45, 2.75) is 77.9 Å². The fraction of sp³-hybridized carbons (Fsp3) is 1.00. The van der Waals surface area contributed by atoms with Crippen molar-refractivity contribution in [2.75, 3.05) is 13.1 Å². The molecule has 0 radical (unpaired) electrons. The molecule has 102 valence electrons. The fourth-order valence-electron chi connectivity index (χ4n) is 2.70. The van der Waals surface area contributed by atoms with Gasteiger partial charge in [-0.2, -0.15) is 0 Å². The molecule has 2 heteroatoms. The Morgan fingerprint density at radius 3 is 2.00 bits per heavy atom. The van der Waals surface area contributed by atoms with E-state index in [1.54, 1.807) is 0 Å². The van der Waals surface area contributed by atoms with Crippen LogP contribution < -0.4 is 0 Å². The average molecular weight is 241 g/mol. The van der Waals surface area contributed by atoms with Crippen molar-refractivity contribution in [3.05, 3.63) is 0 Å². The van der Waals surface area contributed by atoms with Crippen LogP contribution in [0.3, 0.4) is 0 Å². The lowest BCUT2D eigenvalue weighted by molar-refractivity contribution is -0.0151. The highest BCUT2D eigenvalue weighted by Gasteiger charge is 2.34. The van der Waals surface area contributed by atoms with Gasteiger partial charge in [-0.15, -0.1) is 0 Å². The van der Waals surface area contributed by atoms with E-state index in [1.165, 1.54) is 25.7 Å². The molecule has 1 atom stereocenters. The summed E-state index contributed by atoms with van der Waals surface area (Å²) in [5, 5.41) is 10.4. The Morgan fingerprint density at radius 2 is 1.53 bits per heavy atom. The molecule has 1 heterocycles. The third-order valence-electron chi connectivity index (χ3n) is 4.25. The van der Waals surface area contributed by atoms with Gasteiger partial charge in [0.05, 0.1) is 6.10 Å². The maximum absolute atomic E-state index is 10.4. The lowest BCUT2D eigenvalue weighted by Crippen LogP contribution is -2.52. The van der Waals surface area contributed by atoms with E-state index in [1.807, 2.05) is 0 Å². The minimum absolute atomic E-state index is 0.0563. The number of aliphatic hydroxyl groups excluding tert-OH is 1. The van der Waals surface area contributed by atoms with Gasteiger partial charge in [-0.25, -0.2) is 0 Å². The van der Waals surface area contributed by atoms with Gasteiger partial charge in [-0.05, 0) is 58.5 Å². The van der Waals surface area contributed by atoms with Crippen molar-refractivity contribution < 1.29 is 5.11 Å². The molecule has 0 bridgehead atoms. The molecular formula is C15H31NO. The van der Waals surface area contributed by atoms with Gasteiger partial charge in [0.25, 0.3) is 0 Å². The van der Waals surface area contributed by atoms with Crippen LogP contribution in [0, 0.1) is 5.92 Å². The second-order valence-corrected chi connectivity index (χ2v) is 6.54.